The summed E-state index contributed by atoms with van der Waals surface area (Å²) in [5, 5.41) is 7.42. The van der Waals surface area contributed by atoms with Crippen LogP contribution in [0.5, 0.6) is 0 Å². The minimum Gasteiger partial charge on any atom is -0.462 e. The summed E-state index contributed by atoms with van der Waals surface area (Å²) in [6, 6.07) is 11.2. The van der Waals surface area contributed by atoms with E-state index in [1.54, 1.807) is 31.5 Å². The zero-order valence-electron chi connectivity index (χ0n) is 20.3. The van der Waals surface area contributed by atoms with Crippen LogP contribution in [0.1, 0.15) is 65.5 Å². The second-order valence-electron chi connectivity index (χ2n) is 8.88. The molecule has 9 nitrogen and oxygen atoms in total. The van der Waals surface area contributed by atoms with Crippen molar-refractivity contribution in [2.45, 2.75) is 47.0 Å². The molecule has 0 fully saturated rings. The van der Waals surface area contributed by atoms with Crippen LogP contribution in [0.2, 0.25) is 0 Å². The van der Waals surface area contributed by atoms with Gasteiger partial charge in [-0.05, 0) is 38.5 Å². The van der Waals surface area contributed by atoms with Gasteiger partial charge in [0.15, 0.2) is 6.61 Å². The summed E-state index contributed by atoms with van der Waals surface area (Å²) in [6.07, 6.45) is 0. The molecule has 180 valence electrons. The Bertz CT molecular complexity index is 1200. The average molecular weight is 467 g/mol. The number of hydrogen-bond donors (Lipinski definition) is 2. The van der Waals surface area contributed by atoms with Crippen molar-refractivity contribution in [1.82, 2.24) is 14.8 Å². The van der Waals surface area contributed by atoms with E-state index < -0.39 is 24.5 Å². The van der Waals surface area contributed by atoms with Gasteiger partial charge in [-0.3, -0.25) is 4.79 Å². The van der Waals surface area contributed by atoms with E-state index in [0.717, 1.165) is 11.4 Å². The van der Waals surface area contributed by atoms with Crippen molar-refractivity contribution >= 4 is 23.7 Å². The van der Waals surface area contributed by atoms with E-state index in [1.807, 2.05) is 51.1 Å². The number of carbonyl (C=O) groups is 3. The quantitative estimate of drug-likeness (QED) is 0.507. The second kappa shape index (κ2) is 9.94. The van der Waals surface area contributed by atoms with Crippen LogP contribution in [-0.2, 0) is 19.7 Å². The predicted molar refractivity (Wildman–Crippen MR) is 127 cm³/mol. The van der Waals surface area contributed by atoms with E-state index in [4.69, 9.17) is 9.47 Å². The van der Waals surface area contributed by atoms with Crippen molar-refractivity contribution < 1.29 is 23.9 Å². The number of hydrogen-bond acceptors (Lipinski definition) is 6. The largest absolute Gasteiger partial charge is 0.462 e. The molecule has 0 saturated heterocycles. The van der Waals surface area contributed by atoms with Crippen molar-refractivity contribution in [3.63, 3.8) is 0 Å². The molecule has 0 bridgehead atoms. The molecule has 0 saturated carbocycles. The van der Waals surface area contributed by atoms with E-state index in [9.17, 15) is 14.4 Å². The fraction of sp³-hybridized carbons (Fsp3) is 0.360. The number of rotatable bonds is 7. The van der Waals surface area contributed by atoms with E-state index in [0.29, 0.717) is 22.6 Å². The van der Waals surface area contributed by atoms with Crippen LogP contribution in [0.4, 0.5) is 5.82 Å². The molecular formula is C25H30N4O5. The van der Waals surface area contributed by atoms with Crippen LogP contribution < -0.4 is 5.32 Å². The monoisotopic (exact) mass is 466 g/mol. The summed E-state index contributed by atoms with van der Waals surface area (Å²) >= 11 is 0. The Balaban J connectivity index is 1.74. The molecule has 2 N–H and O–H groups in total. The van der Waals surface area contributed by atoms with Gasteiger partial charge < -0.3 is 19.8 Å². The third-order valence-corrected chi connectivity index (χ3v) is 5.20. The minimum atomic E-state index is -0.738. The molecule has 34 heavy (non-hydrogen) atoms. The normalized spacial score (nSPS) is 11.2. The number of aromatic amines is 1. The molecule has 0 spiro atoms. The molecule has 0 aliphatic heterocycles. The summed E-state index contributed by atoms with van der Waals surface area (Å²) in [6.45, 7) is 10.8. The summed E-state index contributed by atoms with van der Waals surface area (Å²) in [4.78, 5) is 40.2. The molecule has 2 aromatic heterocycles. The highest BCUT2D eigenvalue weighted by Gasteiger charge is 2.25. The van der Waals surface area contributed by atoms with Gasteiger partial charge in [0.05, 0.1) is 23.6 Å². The highest BCUT2D eigenvalue weighted by Crippen LogP contribution is 2.26. The van der Waals surface area contributed by atoms with E-state index in [2.05, 4.69) is 15.4 Å². The third kappa shape index (κ3) is 5.36. The van der Waals surface area contributed by atoms with Crippen molar-refractivity contribution in [1.29, 1.82) is 0 Å². The zero-order valence-corrected chi connectivity index (χ0v) is 20.3. The number of carbonyl (C=O) groups excluding carboxylic acids is 3. The number of aromatic nitrogens is 3. The first-order chi connectivity index (χ1) is 16.0. The minimum absolute atomic E-state index is 0.109. The first-order valence-corrected chi connectivity index (χ1v) is 11.0. The van der Waals surface area contributed by atoms with Gasteiger partial charge in [0.2, 0.25) is 0 Å². The lowest BCUT2D eigenvalue weighted by Crippen LogP contribution is -2.22. The number of esters is 2. The number of para-hydroxylation sites is 1. The van der Waals surface area contributed by atoms with Gasteiger partial charge in [-0.1, -0.05) is 39.0 Å². The Morgan fingerprint density at radius 1 is 1.06 bits per heavy atom. The number of amides is 1. The van der Waals surface area contributed by atoms with Gasteiger partial charge >= 0.3 is 11.9 Å². The van der Waals surface area contributed by atoms with Crippen LogP contribution in [0, 0.1) is 13.8 Å². The third-order valence-electron chi connectivity index (χ3n) is 5.20. The molecule has 0 aliphatic rings. The number of anilines is 1. The molecule has 1 aromatic carbocycles. The van der Waals surface area contributed by atoms with Gasteiger partial charge in [-0.15, -0.1) is 0 Å². The molecule has 0 atom stereocenters. The number of nitrogens with zero attached hydrogens (tertiary/aromatic N) is 2. The van der Waals surface area contributed by atoms with E-state index in [-0.39, 0.29) is 17.7 Å². The molecule has 0 unspecified atom stereocenters. The maximum atomic E-state index is 12.6. The fourth-order valence-corrected chi connectivity index (χ4v) is 3.45. The van der Waals surface area contributed by atoms with Gasteiger partial charge in [0.1, 0.15) is 11.5 Å². The van der Waals surface area contributed by atoms with Crippen LogP contribution >= 0.6 is 0 Å². The summed E-state index contributed by atoms with van der Waals surface area (Å²) in [5.41, 5.74) is 2.66. The molecule has 0 radical (unpaired) electrons. The fourth-order valence-electron chi connectivity index (χ4n) is 3.45. The second-order valence-corrected chi connectivity index (χ2v) is 8.88. The molecular weight excluding hydrogens is 436 g/mol. The number of benzene rings is 1. The van der Waals surface area contributed by atoms with Crippen molar-refractivity contribution in [2.75, 3.05) is 18.5 Å². The molecule has 0 aliphatic carbocycles. The van der Waals surface area contributed by atoms with Gasteiger partial charge in [-0.2, -0.15) is 5.10 Å². The number of ether oxygens (including phenoxy) is 2. The number of H-pyrrole nitrogens is 1. The van der Waals surface area contributed by atoms with Crippen LogP contribution in [0.15, 0.2) is 36.4 Å². The van der Waals surface area contributed by atoms with Crippen molar-refractivity contribution in [2.24, 2.45) is 0 Å². The highest BCUT2D eigenvalue weighted by molar-refractivity contribution is 5.99. The molecule has 9 heteroatoms. The number of nitrogens with one attached hydrogen (secondary N) is 2. The molecule has 1 amide bonds. The Hall–Kier alpha value is -3.88. The maximum Gasteiger partial charge on any atom is 0.355 e. The van der Waals surface area contributed by atoms with Crippen LogP contribution in [0.25, 0.3) is 5.69 Å². The summed E-state index contributed by atoms with van der Waals surface area (Å²) in [7, 11) is 0. The molecule has 3 rings (SSSR count). The lowest BCUT2D eigenvalue weighted by molar-refractivity contribution is -0.119. The smallest absolute Gasteiger partial charge is 0.355 e. The lowest BCUT2D eigenvalue weighted by atomic mass is 9.92. The van der Waals surface area contributed by atoms with Gasteiger partial charge in [-0.25, -0.2) is 14.3 Å². The van der Waals surface area contributed by atoms with Gasteiger partial charge in [0.25, 0.3) is 5.91 Å². The van der Waals surface area contributed by atoms with Crippen molar-refractivity contribution in [3.8, 4) is 5.69 Å². The Morgan fingerprint density at radius 2 is 1.74 bits per heavy atom. The Morgan fingerprint density at radius 3 is 2.35 bits per heavy atom. The van der Waals surface area contributed by atoms with E-state index in [1.165, 1.54) is 0 Å². The van der Waals surface area contributed by atoms with Crippen LogP contribution in [-0.4, -0.2) is 45.8 Å². The standard InChI is InChI=1S/C25H30N4O5/c1-7-33-23(31)21-15(2)22(26-16(21)3)24(32)34-14-20(30)27-19-13-18(25(4,5)6)28-29(19)17-11-9-8-10-12-17/h8-13,26H,7,14H2,1-6H3,(H,27,30). The molecule has 3 aromatic rings. The summed E-state index contributed by atoms with van der Waals surface area (Å²) < 4.78 is 11.9. The SMILES string of the molecule is CCOC(=O)c1c(C)[nH]c(C(=O)OCC(=O)Nc2cc(C(C)(C)C)nn2-c2ccccc2)c1C. The maximum absolute atomic E-state index is 12.6. The topological polar surface area (TPSA) is 115 Å². The first-order valence-electron chi connectivity index (χ1n) is 11.0. The molecule has 2 heterocycles. The number of aryl methyl sites for hydroxylation is 1. The Kier molecular flexibility index (Phi) is 7.24. The van der Waals surface area contributed by atoms with Crippen LogP contribution in [0.3, 0.4) is 0 Å². The summed E-state index contributed by atoms with van der Waals surface area (Å²) in [5.74, 6) is -1.31. The highest BCUT2D eigenvalue weighted by atomic mass is 16.5. The average Bonchev–Trinajstić information content (AvgIpc) is 3.33. The lowest BCUT2D eigenvalue weighted by Gasteiger charge is -2.14. The zero-order chi connectivity index (χ0) is 25.0. The Labute approximate surface area is 198 Å². The van der Waals surface area contributed by atoms with Crippen molar-refractivity contribution in [3.05, 3.63) is 64.6 Å². The van der Waals surface area contributed by atoms with Gasteiger partial charge in [0, 0.05) is 17.2 Å². The van der Waals surface area contributed by atoms with E-state index >= 15 is 0 Å². The predicted octanol–water partition coefficient (Wildman–Crippen LogP) is 4.09. The first kappa shape index (κ1) is 24.8.